The molecule has 0 aliphatic rings. The molecular formula is C19H23N6+. The molecule has 2 heterocycles. The molecule has 0 fully saturated rings. The summed E-state index contributed by atoms with van der Waals surface area (Å²) >= 11 is 0. The summed E-state index contributed by atoms with van der Waals surface area (Å²) < 4.78 is 4.34. The van der Waals surface area contributed by atoms with E-state index < -0.39 is 0 Å². The standard InChI is InChI=1S/C19H23N6/c1-14-5-10-18-24(4)17(13-25(18)12-14)16-8-6-15(7-9-16)11-21-22-19(20)23(2)3/h5-13H,1-4H3,(H2,20,22)/q+1/b21-11+. The maximum absolute atomic E-state index is 5.70. The Morgan fingerprint density at radius 2 is 1.84 bits per heavy atom. The fourth-order valence-corrected chi connectivity index (χ4v) is 2.60. The Morgan fingerprint density at radius 3 is 2.52 bits per heavy atom. The van der Waals surface area contributed by atoms with Crippen LogP contribution < -0.4 is 10.1 Å². The Balaban J connectivity index is 1.87. The van der Waals surface area contributed by atoms with Gasteiger partial charge in [0.15, 0.2) is 5.69 Å². The Labute approximate surface area is 147 Å². The number of aromatic nitrogens is 2. The molecule has 1 aromatic carbocycles. The predicted molar refractivity (Wildman–Crippen MR) is 102 cm³/mol. The molecule has 0 unspecified atom stereocenters. The van der Waals surface area contributed by atoms with Gasteiger partial charge in [0.2, 0.25) is 5.96 Å². The predicted octanol–water partition coefficient (Wildman–Crippen LogP) is 1.95. The third-order valence-electron chi connectivity index (χ3n) is 4.10. The average molecular weight is 335 g/mol. The van der Waals surface area contributed by atoms with Crippen LogP contribution in [0, 0.1) is 6.92 Å². The molecule has 128 valence electrons. The summed E-state index contributed by atoms with van der Waals surface area (Å²) in [4.78, 5) is 1.71. The van der Waals surface area contributed by atoms with Crippen molar-refractivity contribution in [1.29, 1.82) is 0 Å². The van der Waals surface area contributed by atoms with E-state index in [0.717, 1.165) is 22.5 Å². The minimum Gasteiger partial charge on any atom is -0.368 e. The zero-order valence-corrected chi connectivity index (χ0v) is 15.0. The minimum atomic E-state index is 0.371. The van der Waals surface area contributed by atoms with Gasteiger partial charge in [0.1, 0.15) is 6.20 Å². The van der Waals surface area contributed by atoms with Gasteiger partial charge in [-0.3, -0.25) is 0 Å². The second kappa shape index (κ2) is 6.76. The van der Waals surface area contributed by atoms with Crippen molar-refractivity contribution >= 4 is 17.8 Å². The Kier molecular flexibility index (Phi) is 4.52. The molecule has 6 nitrogen and oxygen atoms in total. The number of hydrogen-bond donors (Lipinski definition) is 1. The quantitative estimate of drug-likeness (QED) is 0.344. The van der Waals surface area contributed by atoms with Crippen LogP contribution in [0.25, 0.3) is 16.9 Å². The molecule has 6 heteroatoms. The van der Waals surface area contributed by atoms with Crippen LogP contribution in [0.2, 0.25) is 0 Å². The van der Waals surface area contributed by atoms with E-state index in [1.165, 1.54) is 5.56 Å². The van der Waals surface area contributed by atoms with Gasteiger partial charge < -0.3 is 10.6 Å². The van der Waals surface area contributed by atoms with E-state index >= 15 is 0 Å². The van der Waals surface area contributed by atoms with Crippen molar-refractivity contribution in [3.8, 4) is 11.3 Å². The Hall–Kier alpha value is -3.15. The zero-order chi connectivity index (χ0) is 18.0. The molecule has 0 saturated carbocycles. The number of fused-ring (bicyclic) bond motifs is 1. The molecule has 0 aliphatic carbocycles. The molecule has 0 spiro atoms. The monoisotopic (exact) mass is 335 g/mol. The zero-order valence-electron chi connectivity index (χ0n) is 15.0. The lowest BCUT2D eigenvalue weighted by Crippen LogP contribution is -2.29. The van der Waals surface area contributed by atoms with Crippen molar-refractivity contribution in [1.82, 2.24) is 9.47 Å². The lowest BCUT2D eigenvalue weighted by atomic mass is 10.1. The number of rotatable bonds is 3. The summed E-state index contributed by atoms with van der Waals surface area (Å²) in [5, 5.41) is 7.95. The van der Waals surface area contributed by atoms with Crippen LogP contribution in [0.15, 0.2) is 59.0 Å². The second-order valence-electron chi connectivity index (χ2n) is 6.26. The van der Waals surface area contributed by atoms with Crippen LogP contribution in [0.5, 0.6) is 0 Å². The molecule has 25 heavy (non-hydrogen) atoms. The van der Waals surface area contributed by atoms with Gasteiger partial charge in [0.25, 0.3) is 5.65 Å². The van der Waals surface area contributed by atoms with E-state index in [0.29, 0.717) is 5.96 Å². The topological polar surface area (TPSA) is 63.0 Å². The number of aryl methyl sites for hydroxylation is 2. The number of pyridine rings is 1. The van der Waals surface area contributed by atoms with Gasteiger partial charge in [-0.1, -0.05) is 12.1 Å². The smallest absolute Gasteiger partial charge is 0.286 e. The number of hydrogen-bond acceptors (Lipinski definition) is 2. The van der Waals surface area contributed by atoms with Gasteiger partial charge in [-0.25, -0.2) is 8.97 Å². The summed E-state index contributed by atoms with van der Waals surface area (Å²) in [6, 6.07) is 12.5. The highest BCUT2D eigenvalue weighted by atomic mass is 15.3. The van der Waals surface area contributed by atoms with Crippen LogP contribution in [-0.4, -0.2) is 35.7 Å². The van der Waals surface area contributed by atoms with Crippen LogP contribution >= 0.6 is 0 Å². The molecule has 3 rings (SSSR count). The number of nitrogens with two attached hydrogens (primary N) is 1. The maximum atomic E-state index is 5.70. The van der Waals surface area contributed by atoms with Crippen molar-refractivity contribution < 1.29 is 4.40 Å². The molecule has 2 N–H and O–H groups in total. The van der Waals surface area contributed by atoms with Gasteiger partial charge in [-0.05, 0) is 36.2 Å². The van der Waals surface area contributed by atoms with E-state index in [1.807, 2.05) is 26.2 Å². The summed E-state index contributed by atoms with van der Waals surface area (Å²) in [6.07, 6.45) is 5.97. The lowest BCUT2D eigenvalue weighted by Gasteiger charge is -2.07. The van der Waals surface area contributed by atoms with Crippen molar-refractivity contribution in [2.75, 3.05) is 14.1 Å². The van der Waals surface area contributed by atoms with Gasteiger partial charge >= 0.3 is 0 Å². The third kappa shape index (κ3) is 3.52. The van der Waals surface area contributed by atoms with Gasteiger partial charge in [0, 0.05) is 25.7 Å². The van der Waals surface area contributed by atoms with Crippen LogP contribution in [0.3, 0.4) is 0 Å². The normalized spacial score (nSPS) is 12.2. The van der Waals surface area contributed by atoms with E-state index in [2.05, 4.69) is 69.8 Å². The summed E-state index contributed by atoms with van der Waals surface area (Å²) in [7, 11) is 5.73. The molecule has 0 atom stereocenters. The summed E-state index contributed by atoms with van der Waals surface area (Å²) in [5.41, 5.74) is 11.4. The second-order valence-corrected chi connectivity index (χ2v) is 6.26. The van der Waals surface area contributed by atoms with Crippen LogP contribution in [0.1, 0.15) is 11.1 Å². The first-order chi connectivity index (χ1) is 12.0. The van der Waals surface area contributed by atoms with Gasteiger partial charge in [0.05, 0.1) is 19.5 Å². The van der Waals surface area contributed by atoms with E-state index in [-0.39, 0.29) is 0 Å². The minimum absolute atomic E-state index is 0.371. The van der Waals surface area contributed by atoms with E-state index in [9.17, 15) is 0 Å². The first-order valence-electron chi connectivity index (χ1n) is 8.07. The van der Waals surface area contributed by atoms with Crippen LogP contribution in [-0.2, 0) is 7.05 Å². The number of guanidine groups is 1. The molecule has 0 aliphatic heterocycles. The summed E-state index contributed by atoms with van der Waals surface area (Å²) in [6.45, 7) is 2.10. The van der Waals surface area contributed by atoms with Crippen molar-refractivity contribution in [2.24, 2.45) is 23.0 Å². The van der Waals surface area contributed by atoms with Crippen LogP contribution in [0.4, 0.5) is 0 Å². The van der Waals surface area contributed by atoms with Crippen molar-refractivity contribution in [3.05, 3.63) is 59.9 Å². The van der Waals surface area contributed by atoms with Crippen molar-refractivity contribution in [2.45, 2.75) is 6.92 Å². The number of imidazole rings is 1. The molecule has 0 radical (unpaired) electrons. The van der Waals surface area contributed by atoms with Gasteiger partial charge in [-0.2, -0.15) is 5.10 Å². The number of nitrogens with zero attached hydrogens (tertiary/aromatic N) is 5. The first-order valence-corrected chi connectivity index (χ1v) is 8.07. The van der Waals surface area contributed by atoms with Crippen molar-refractivity contribution in [3.63, 3.8) is 0 Å². The fraction of sp³-hybridized carbons (Fsp3) is 0.211. The number of benzene rings is 1. The largest absolute Gasteiger partial charge is 0.368 e. The average Bonchev–Trinajstić information content (AvgIpc) is 2.91. The SMILES string of the molecule is Cc1ccc2n(C)c(-c3ccc(/C=N/N=C(\N)N(C)C)cc3)c[n+]2c1. The highest BCUT2D eigenvalue weighted by Gasteiger charge is 2.15. The molecule has 0 amide bonds. The van der Waals surface area contributed by atoms with E-state index in [4.69, 9.17) is 5.73 Å². The highest BCUT2D eigenvalue weighted by Crippen LogP contribution is 2.20. The first kappa shape index (κ1) is 16.7. The molecule has 2 aromatic heterocycles. The Morgan fingerprint density at radius 1 is 1.12 bits per heavy atom. The third-order valence-corrected chi connectivity index (χ3v) is 4.10. The maximum Gasteiger partial charge on any atom is 0.286 e. The molecule has 3 aromatic rings. The lowest BCUT2D eigenvalue weighted by molar-refractivity contribution is -0.510. The molecule has 0 bridgehead atoms. The van der Waals surface area contributed by atoms with Gasteiger partial charge in [-0.15, -0.1) is 5.10 Å². The Bertz CT molecular complexity index is 948. The fourth-order valence-electron chi connectivity index (χ4n) is 2.60. The summed E-state index contributed by atoms with van der Waals surface area (Å²) in [5.74, 6) is 0.371. The molecular weight excluding hydrogens is 312 g/mol. The molecule has 0 saturated heterocycles. The highest BCUT2D eigenvalue weighted by molar-refractivity contribution is 5.82. The van der Waals surface area contributed by atoms with E-state index in [1.54, 1.807) is 11.1 Å².